The Hall–Kier alpha value is -1.03. The largest absolute Gasteiger partial charge is 0.399 e. The second-order valence-corrected chi connectivity index (χ2v) is 5.30. The fourth-order valence-electron chi connectivity index (χ4n) is 1.27. The number of nitrogens with two attached hydrogens (primary N) is 1. The third-order valence-corrected chi connectivity index (χ3v) is 3.53. The van der Waals surface area contributed by atoms with E-state index in [9.17, 15) is 4.21 Å². The average molecular weight is 226 g/mol. The third-order valence-electron chi connectivity index (χ3n) is 2.23. The van der Waals surface area contributed by atoms with Crippen molar-refractivity contribution in [2.75, 3.05) is 29.1 Å². The first-order valence-corrected chi connectivity index (χ1v) is 6.57. The highest BCUT2D eigenvalue weighted by Crippen LogP contribution is 2.17. The normalized spacial score (nSPS) is 12.4. The van der Waals surface area contributed by atoms with Gasteiger partial charge in [-0.15, -0.1) is 0 Å². The maximum atomic E-state index is 11.2. The van der Waals surface area contributed by atoms with E-state index in [-0.39, 0.29) is 0 Å². The minimum atomic E-state index is -0.706. The van der Waals surface area contributed by atoms with Crippen molar-refractivity contribution in [1.82, 2.24) is 0 Å². The molecule has 0 aliphatic rings. The molecule has 1 atom stereocenters. The molecule has 84 valence electrons. The first kappa shape index (κ1) is 12.0. The Morgan fingerprint density at radius 3 is 2.87 bits per heavy atom. The SMILES string of the molecule is CCS(=O)CCNc1cc(N)ccc1C. The molecule has 0 heterocycles. The van der Waals surface area contributed by atoms with Gasteiger partial charge in [-0.1, -0.05) is 13.0 Å². The molecule has 1 aromatic rings. The molecule has 0 radical (unpaired) electrons. The molecule has 0 fully saturated rings. The molecule has 1 unspecified atom stereocenters. The van der Waals surface area contributed by atoms with Crippen molar-refractivity contribution in [3.05, 3.63) is 23.8 Å². The standard InChI is InChI=1S/C11H18N2OS/c1-3-15(14)7-6-13-11-8-10(12)5-4-9(11)2/h4-5,8,13H,3,6-7,12H2,1-2H3. The summed E-state index contributed by atoms with van der Waals surface area (Å²) in [7, 11) is -0.706. The van der Waals surface area contributed by atoms with Crippen LogP contribution in [-0.2, 0) is 10.8 Å². The quantitative estimate of drug-likeness (QED) is 0.752. The Kier molecular flexibility index (Phi) is 4.62. The zero-order valence-electron chi connectivity index (χ0n) is 9.25. The fourth-order valence-corrected chi connectivity index (χ4v) is 1.89. The van der Waals surface area contributed by atoms with Gasteiger partial charge in [0, 0.05) is 40.2 Å². The van der Waals surface area contributed by atoms with Crippen LogP contribution in [0.2, 0.25) is 0 Å². The second kappa shape index (κ2) is 5.75. The highest BCUT2D eigenvalue weighted by molar-refractivity contribution is 7.84. The Morgan fingerprint density at radius 2 is 2.20 bits per heavy atom. The van der Waals surface area contributed by atoms with E-state index in [2.05, 4.69) is 5.32 Å². The number of hydrogen-bond acceptors (Lipinski definition) is 3. The van der Waals surface area contributed by atoms with Crippen LogP contribution in [0.5, 0.6) is 0 Å². The molecule has 4 heteroatoms. The van der Waals surface area contributed by atoms with Gasteiger partial charge in [0.1, 0.15) is 0 Å². The number of nitrogen functional groups attached to an aromatic ring is 1. The van der Waals surface area contributed by atoms with Gasteiger partial charge in [0.15, 0.2) is 0 Å². The van der Waals surface area contributed by atoms with Gasteiger partial charge in [-0.25, -0.2) is 0 Å². The summed E-state index contributed by atoms with van der Waals surface area (Å²) in [4.78, 5) is 0. The molecule has 3 N–H and O–H groups in total. The number of anilines is 2. The average Bonchev–Trinajstić information content (AvgIpc) is 2.23. The van der Waals surface area contributed by atoms with Crippen molar-refractivity contribution < 1.29 is 4.21 Å². The predicted molar refractivity (Wildman–Crippen MR) is 67.6 cm³/mol. The fraction of sp³-hybridized carbons (Fsp3) is 0.455. The summed E-state index contributed by atoms with van der Waals surface area (Å²) >= 11 is 0. The van der Waals surface area contributed by atoms with Gasteiger partial charge in [-0.3, -0.25) is 4.21 Å². The van der Waals surface area contributed by atoms with Crippen molar-refractivity contribution in [3.63, 3.8) is 0 Å². The molecule has 15 heavy (non-hydrogen) atoms. The van der Waals surface area contributed by atoms with Gasteiger partial charge in [-0.05, 0) is 24.6 Å². The van der Waals surface area contributed by atoms with Crippen LogP contribution in [0, 0.1) is 6.92 Å². The summed E-state index contributed by atoms with van der Waals surface area (Å²) in [6.07, 6.45) is 0. The van der Waals surface area contributed by atoms with Gasteiger partial charge in [0.05, 0.1) is 0 Å². The first-order chi connectivity index (χ1) is 7.13. The number of nitrogens with one attached hydrogen (secondary N) is 1. The molecule has 1 aromatic carbocycles. The van der Waals surface area contributed by atoms with Crippen LogP contribution in [0.3, 0.4) is 0 Å². The summed E-state index contributed by atoms with van der Waals surface area (Å²) < 4.78 is 11.2. The number of benzene rings is 1. The lowest BCUT2D eigenvalue weighted by Gasteiger charge is -2.09. The molecule has 0 aromatic heterocycles. The highest BCUT2D eigenvalue weighted by Gasteiger charge is 1.99. The number of aryl methyl sites for hydroxylation is 1. The predicted octanol–water partition coefficient (Wildman–Crippen LogP) is 1.76. The summed E-state index contributed by atoms with van der Waals surface area (Å²) in [6, 6.07) is 5.77. The van der Waals surface area contributed by atoms with Gasteiger partial charge >= 0.3 is 0 Å². The van der Waals surface area contributed by atoms with Gasteiger partial charge < -0.3 is 11.1 Å². The Labute approximate surface area is 93.5 Å². The molecule has 0 saturated carbocycles. The molecule has 0 amide bonds. The van der Waals surface area contributed by atoms with Crippen molar-refractivity contribution in [3.8, 4) is 0 Å². The van der Waals surface area contributed by atoms with Crippen LogP contribution in [0.25, 0.3) is 0 Å². The van der Waals surface area contributed by atoms with E-state index in [0.29, 0.717) is 5.75 Å². The van der Waals surface area contributed by atoms with E-state index < -0.39 is 10.8 Å². The molecular weight excluding hydrogens is 208 g/mol. The van der Waals surface area contributed by atoms with Crippen LogP contribution in [0.15, 0.2) is 18.2 Å². The van der Waals surface area contributed by atoms with Crippen LogP contribution >= 0.6 is 0 Å². The minimum absolute atomic E-state index is 0.685. The Bertz CT molecular complexity index is 352. The van der Waals surface area contributed by atoms with Crippen LogP contribution in [-0.4, -0.2) is 22.3 Å². The minimum Gasteiger partial charge on any atom is -0.399 e. The highest BCUT2D eigenvalue weighted by atomic mass is 32.2. The molecular formula is C11H18N2OS. The lowest BCUT2D eigenvalue weighted by molar-refractivity contribution is 0.684. The molecule has 0 aliphatic carbocycles. The second-order valence-electron chi connectivity index (χ2n) is 3.43. The first-order valence-electron chi connectivity index (χ1n) is 5.08. The smallest absolute Gasteiger partial charge is 0.0408 e. The number of rotatable bonds is 5. The van der Waals surface area contributed by atoms with E-state index in [1.807, 2.05) is 32.0 Å². The number of hydrogen-bond donors (Lipinski definition) is 2. The van der Waals surface area contributed by atoms with Crippen LogP contribution in [0.1, 0.15) is 12.5 Å². The van der Waals surface area contributed by atoms with Crippen molar-refractivity contribution in [1.29, 1.82) is 0 Å². The third kappa shape index (κ3) is 3.91. The molecule has 3 nitrogen and oxygen atoms in total. The Balaban J connectivity index is 2.50. The van der Waals surface area contributed by atoms with E-state index in [1.165, 1.54) is 0 Å². The topological polar surface area (TPSA) is 55.1 Å². The molecule has 0 saturated heterocycles. The lowest BCUT2D eigenvalue weighted by atomic mass is 10.2. The maximum absolute atomic E-state index is 11.2. The maximum Gasteiger partial charge on any atom is 0.0408 e. The summed E-state index contributed by atoms with van der Waals surface area (Å²) in [5.74, 6) is 1.41. The Morgan fingerprint density at radius 1 is 1.47 bits per heavy atom. The summed E-state index contributed by atoms with van der Waals surface area (Å²) in [5.41, 5.74) is 8.62. The molecule has 0 spiro atoms. The van der Waals surface area contributed by atoms with Crippen LogP contribution < -0.4 is 11.1 Å². The van der Waals surface area contributed by atoms with E-state index >= 15 is 0 Å². The van der Waals surface area contributed by atoms with Crippen molar-refractivity contribution in [2.24, 2.45) is 0 Å². The van der Waals surface area contributed by atoms with Crippen LogP contribution in [0.4, 0.5) is 11.4 Å². The molecule has 0 bridgehead atoms. The van der Waals surface area contributed by atoms with E-state index in [0.717, 1.165) is 29.2 Å². The van der Waals surface area contributed by atoms with Gasteiger partial charge in [0.2, 0.25) is 0 Å². The van der Waals surface area contributed by atoms with E-state index in [1.54, 1.807) is 0 Å². The summed E-state index contributed by atoms with van der Waals surface area (Å²) in [6.45, 7) is 4.69. The van der Waals surface area contributed by atoms with Gasteiger partial charge in [-0.2, -0.15) is 0 Å². The van der Waals surface area contributed by atoms with Gasteiger partial charge in [0.25, 0.3) is 0 Å². The zero-order chi connectivity index (χ0) is 11.3. The summed E-state index contributed by atoms with van der Waals surface area (Å²) in [5, 5.41) is 3.25. The van der Waals surface area contributed by atoms with E-state index in [4.69, 9.17) is 5.73 Å². The molecule has 0 aliphatic heterocycles. The molecule has 1 rings (SSSR count). The monoisotopic (exact) mass is 226 g/mol. The lowest BCUT2D eigenvalue weighted by Crippen LogP contribution is -2.12. The van der Waals surface area contributed by atoms with Crippen molar-refractivity contribution >= 4 is 22.2 Å². The zero-order valence-corrected chi connectivity index (χ0v) is 10.1. The van der Waals surface area contributed by atoms with Crippen molar-refractivity contribution in [2.45, 2.75) is 13.8 Å².